The maximum atomic E-state index is 13.2. The summed E-state index contributed by atoms with van der Waals surface area (Å²) in [5, 5.41) is 0. The molecule has 1 aliphatic carbocycles. The zero-order valence-electron chi connectivity index (χ0n) is 16.7. The summed E-state index contributed by atoms with van der Waals surface area (Å²) in [7, 11) is 4.59. The van der Waals surface area contributed by atoms with Crippen LogP contribution in [-0.4, -0.2) is 46.5 Å². The van der Waals surface area contributed by atoms with Crippen molar-refractivity contribution < 1.29 is 38.0 Å². The van der Waals surface area contributed by atoms with Gasteiger partial charge in [-0.05, 0) is 35.4 Å². The van der Waals surface area contributed by atoms with Crippen molar-refractivity contribution in [2.45, 2.75) is 5.92 Å². The van der Waals surface area contributed by atoms with E-state index in [0.717, 1.165) is 5.56 Å². The largest absolute Gasteiger partial charge is 0.493 e. The predicted octanol–water partition coefficient (Wildman–Crippen LogP) is 2.56. The van der Waals surface area contributed by atoms with Crippen LogP contribution in [0.1, 0.15) is 27.4 Å². The molecule has 1 saturated heterocycles. The molecule has 30 heavy (non-hydrogen) atoms. The SMILES string of the molecule is COc1cc([C@H]2c3cc4c(cc3C(=O)[C@H]3COC(=O)[C@H]23)OCO4)cc(OC)c1OC. The molecular formula is C22H20O8. The zero-order valence-corrected chi connectivity index (χ0v) is 16.7. The molecule has 8 nitrogen and oxygen atoms in total. The third kappa shape index (κ3) is 2.52. The molecule has 0 N–H and O–H groups in total. The number of hydrogen-bond acceptors (Lipinski definition) is 8. The average Bonchev–Trinajstić information content (AvgIpc) is 3.38. The van der Waals surface area contributed by atoms with Gasteiger partial charge in [-0.2, -0.15) is 0 Å². The smallest absolute Gasteiger partial charge is 0.310 e. The summed E-state index contributed by atoms with van der Waals surface area (Å²) in [5.74, 6) is 0.287. The fraction of sp³-hybridized carbons (Fsp3) is 0.364. The van der Waals surface area contributed by atoms with E-state index in [1.54, 1.807) is 24.3 Å². The highest BCUT2D eigenvalue weighted by atomic mass is 16.7. The number of methoxy groups -OCH3 is 3. The van der Waals surface area contributed by atoms with Gasteiger partial charge in [-0.25, -0.2) is 0 Å². The standard InChI is InChI=1S/C22H20O8/c1-25-16-4-10(5-17(26-2)21(16)27-3)18-11-6-14-15(30-9-29-14)7-12(11)20(23)13-8-28-22(24)19(13)18/h4-7,13,18-19H,8-9H2,1-3H3/t13-,18-,19-/m0/s1. The van der Waals surface area contributed by atoms with Crippen molar-refractivity contribution in [3.63, 3.8) is 0 Å². The molecule has 2 aliphatic heterocycles. The summed E-state index contributed by atoms with van der Waals surface area (Å²) in [4.78, 5) is 25.9. The van der Waals surface area contributed by atoms with Gasteiger partial charge >= 0.3 is 5.97 Å². The Morgan fingerprint density at radius 3 is 2.17 bits per heavy atom. The lowest BCUT2D eigenvalue weighted by atomic mass is 9.67. The molecule has 5 rings (SSSR count). The second kappa shape index (κ2) is 6.83. The Morgan fingerprint density at radius 1 is 0.867 bits per heavy atom. The van der Waals surface area contributed by atoms with Crippen molar-refractivity contribution in [3.8, 4) is 28.7 Å². The molecule has 0 radical (unpaired) electrons. The first kappa shape index (κ1) is 18.6. The Kier molecular flexibility index (Phi) is 4.23. The van der Waals surface area contributed by atoms with Crippen LogP contribution in [0, 0.1) is 11.8 Å². The Labute approximate surface area is 172 Å². The van der Waals surface area contributed by atoms with Gasteiger partial charge in [0.1, 0.15) is 6.61 Å². The molecule has 1 fully saturated rings. The normalized spacial score (nSPS) is 23.5. The van der Waals surface area contributed by atoms with E-state index in [-0.39, 0.29) is 19.2 Å². The Hall–Kier alpha value is -3.42. The highest BCUT2D eigenvalue weighted by Crippen LogP contribution is 2.52. The number of ether oxygens (including phenoxy) is 6. The molecule has 0 bridgehead atoms. The number of Topliss-reactive ketones (excluding diaryl/α,β-unsaturated/α-hetero) is 1. The van der Waals surface area contributed by atoms with E-state index in [1.165, 1.54) is 21.3 Å². The van der Waals surface area contributed by atoms with Crippen LogP contribution < -0.4 is 23.7 Å². The van der Waals surface area contributed by atoms with Crippen LogP contribution in [0.2, 0.25) is 0 Å². The maximum absolute atomic E-state index is 13.2. The molecule has 156 valence electrons. The predicted molar refractivity (Wildman–Crippen MR) is 103 cm³/mol. The molecule has 2 aromatic carbocycles. The maximum Gasteiger partial charge on any atom is 0.310 e. The summed E-state index contributed by atoms with van der Waals surface area (Å²) in [6, 6.07) is 7.09. The van der Waals surface area contributed by atoms with E-state index in [2.05, 4.69) is 0 Å². The van der Waals surface area contributed by atoms with Crippen LogP contribution in [0.4, 0.5) is 0 Å². The number of rotatable bonds is 4. The number of cyclic esters (lactones) is 1. The lowest BCUT2D eigenvalue weighted by Gasteiger charge is -2.33. The second-order valence-corrected chi connectivity index (χ2v) is 7.36. The Balaban J connectivity index is 1.75. The van der Waals surface area contributed by atoms with Gasteiger partial charge in [-0.3, -0.25) is 9.59 Å². The molecule has 0 unspecified atom stereocenters. The third-order valence-corrected chi connectivity index (χ3v) is 6.00. The number of carbonyl (C=O) groups excluding carboxylic acids is 2. The minimum absolute atomic E-state index is 0.0666. The molecule has 0 aromatic heterocycles. The van der Waals surface area contributed by atoms with Crippen LogP contribution in [-0.2, 0) is 9.53 Å². The van der Waals surface area contributed by atoms with E-state index in [9.17, 15) is 9.59 Å². The van der Waals surface area contributed by atoms with Gasteiger partial charge in [-0.15, -0.1) is 0 Å². The van der Waals surface area contributed by atoms with Gasteiger partial charge in [0.05, 0.1) is 33.2 Å². The number of esters is 1. The fourth-order valence-corrected chi connectivity index (χ4v) is 4.63. The van der Waals surface area contributed by atoms with Crippen LogP contribution in [0.15, 0.2) is 24.3 Å². The minimum Gasteiger partial charge on any atom is -0.493 e. The average molecular weight is 412 g/mol. The summed E-state index contributed by atoms with van der Waals surface area (Å²) in [6.07, 6.45) is 0. The highest BCUT2D eigenvalue weighted by molar-refractivity contribution is 6.05. The van der Waals surface area contributed by atoms with Gasteiger partial charge in [0, 0.05) is 11.5 Å². The van der Waals surface area contributed by atoms with Crippen molar-refractivity contribution in [2.75, 3.05) is 34.7 Å². The van der Waals surface area contributed by atoms with Crippen LogP contribution in [0.25, 0.3) is 0 Å². The lowest BCUT2D eigenvalue weighted by Crippen LogP contribution is -2.36. The van der Waals surface area contributed by atoms with E-state index in [4.69, 9.17) is 28.4 Å². The summed E-state index contributed by atoms with van der Waals surface area (Å²) in [6.45, 7) is 0.160. The van der Waals surface area contributed by atoms with Crippen molar-refractivity contribution in [1.29, 1.82) is 0 Å². The Bertz CT molecular complexity index is 1030. The van der Waals surface area contributed by atoms with Crippen LogP contribution in [0.3, 0.4) is 0 Å². The molecule has 3 atom stereocenters. The van der Waals surface area contributed by atoms with Crippen molar-refractivity contribution in [3.05, 3.63) is 41.0 Å². The third-order valence-electron chi connectivity index (χ3n) is 6.00. The number of ketones is 1. The van der Waals surface area contributed by atoms with E-state index in [0.29, 0.717) is 39.9 Å². The molecule has 2 aromatic rings. The molecular weight excluding hydrogens is 392 g/mol. The van der Waals surface area contributed by atoms with E-state index < -0.39 is 23.7 Å². The number of fused-ring (bicyclic) bond motifs is 3. The topological polar surface area (TPSA) is 89.5 Å². The van der Waals surface area contributed by atoms with E-state index in [1.807, 2.05) is 0 Å². The summed E-state index contributed by atoms with van der Waals surface area (Å²) in [5.41, 5.74) is 1.96. The van der Waals surface area contributed by atoms with Gasteiger partial charge in [0.2, 0.25) is 12.5 Å². The molecule has 0 saturated carbocycles. The molecule has 0 spiro atoms. The molecule has 3 aliphatic rings. The fourth-order valence-electron chi connectivity index (χ4n) is 4.63. The van der Waals surface area contributed by atoms with Crippen molar-refractivity contribution in [2.24, 2.45) is 11.8 Å². The second-order valence-electron chi connectivity index (χ2n) is 7.36. The number of benzene rings is 2. The first-order valence-corrected chi connectivity index (χ1v) is 9.51. The van der Waals surface area contributed by atoms with Crippen molar-refractivity contribution >= 4 is 11.8 Å². The van der Waals surface area contributed by atoms with Gasteiger partial charge < -0.3 is 28.4 Å². The highest BCUT2D eigenvalue weighted by Gasteiger charge is 2.52. The number of hydrogen-bond donors (Lipinski definition) is 0. The first-order chi connectivity index (χ1) is 14.6. The molecule has 0 amide bonds. The zero-order chi connectivity index (χ0) is 21.0. The van der Waals surface area contributed by atoms with E-state index >= 15 is 0 Å². The van der Waals surface area contributed by atoms with Gasteiger partial charge in [0.25, 0.3) is 0 Å². The summed E-state index contributed by atoms with van der Waals surface area (Å²) >= 11 is 0. The summed E-state index contributed by atoms with van der Waals surface area (Å²) < 4.78 is 32.7. The van der Waals surface area contributed by atoms with Crippen LogP contribution in [0.5, 0.6) is 28.7 Å². The molecule has 8 heteroatoms. The minimum atomic E-state index is -0.645. The first-order valence-electron chi connectivity index (χ1n) is 9.51. The van der Waals surface area contributed by atoms with Crippen LogP contribution >= 0.6 is 0 Å². The van der Waals surface area contributed by atoms with Gasteiger partial charge in [0.15, 0.2) is 28.8 Å². The monoisotopic (exact) mass is 412 g/mol. The van der Waals surface area contributed by atoms with Crippen molar-refractivity contribution in [1.82, 2.24) is 0 Å². The quantitative estimate of drug-likeness (QED) is 0.708. The lowest BCUT2D eigenvalue weighted by molar-refractivity contribution is -0.141. The van der Waals surface area contributed by atoms with Gasteiger partial charge in [-0.1, -0.05) is 0 Å². The Morgan fingerprint density at radius 2 is 1.53 bits per heavy atom. The molecule has 2 heterocycles. The number of carbonyl (C=O) groups is 2.